The predicted octanol–water partition coefficient (Wildman–Crippen LogP) is 4.13. The maximum absolute atomic E-state index is 6.04. The number of piperidine rings is 3. The van der Waals surface area contributed by atoms with E-state index in [-0.39, 0.29) is 17.8 Å². The summed E-state index contributed by atoms with van der Waals surface area (Å²) in [5, 5.41) is 0. The number of halogens is 1. The predicted molar refractivity (Wildman–Crippen MR) is 90.5 cm³/mol. The van der Waals surface area contributed by atoms with Crippen LogP contribution < -0.4 is 4.74 Å². The SMILES string of the molecule is CC(C)(C)c1ccc(OCC2CN3CCC2CC3)cc1.Cl. The largest absolute Gasteiger partial charge is 0.493 e. The van der Waals surface area contributed by atoms with Crippen LogP contribution in [-0.4, -0.2) is 31.1 Å². The van der Waals surface area contributed by atoms with E-state index >= 15 is 0 Å². The maximum Gasteiger partial charge on any atom is 0.119 e. The lowest BCUT2D eigenvalue weighted by Crippen LogP contribution is -2.49. The first kappa shape index (κ1) is 16.6. The van der Waals surface area contributed by atoms with Gasteiger partial charge in [-0.25, -0.2) is 0 Å². The molecule has 21 heavy (non-hydrogen) atoms. The van der Waals surface area contributed by atoms with Gasteiger partial charge in [0.25, 0.3) is 0 Å². The van der Waals surface area contributed by atoms with E-state index in [0.717, 1.165) is 24.2 Å². The van der Waals surface area contributed by atoms with Crippen LogP contribution in [0.15, 0.2) is 24.3 Å². The van der Waals surface area contributed by atoms with Crippen LogP contribution in [0.1, 0.15) is 39.2 Å². The first-order valence-electron chi connectivity index (χ1n) is 7.98. The van der Waals surface area contributed by atoms with Crippen molar-refractivity contribution in [2.45, 2.75) is 39.0 Å². The number of nitrogens with zero attached hydrogens (tertiary/aromatic N) is 1. The van der Waals surface area contributed by atoms with Crippen molar-refractivity contribution in [2.75, 3.05) is 26.2 Å². The molecule has 1 atom stereocenters. The van der Waals surface area contributed by atoms with Gasteiger partial charge in [0.1, 0.15) is 5.75 Å². The van der Waals surface area contributed by atoms with Crippen LogP contribution in [0, 0.1) is 11.8 Å². The van der Waals surface area contributed by atoms with E-state index in [4.69, 9.17) is 4.74 Å². The Kier molecular flexibility index (Phi) is 5.21. The third kappa shape index (κ3) is 3.92. The smallest absolute Gasteiger partial charge is 0.119 e. The zero-order chi connectivity index (χ0) is 14.2. The number of benzene rings is 1. The number of hydrogen-bond donors (Lipinski definition) is 0. The Morgan fingerprint density at radius 3 is 2.19 bits per heavy atom. The van der Waals surface area contributed by atoms with Crippen molar-refractivity contribution in [3.63, 3.8) is 0 Å². The second-order valence-corrected chi connectivity index (χ2v) is 7.48. The van der Waals surface area contributed by atoms with Crippen molar-refractivity contribution in [1.82, 2.24) is 4.90 Å². The fourth-order valence-corrected chi connectivity index (χ4v) is 3.53. The summed E-state index contributed by atoms with van der Waals surface area (Å²) in [7, 11) is 0. The zero-order valence-corrected chi connectivity index (χ0v) is 14.3. The molecule has 3 heterocycles. The highest BCUT2D eigenvalue weighted by Gasteiger charge is 2.34. The Morgan fingerprint density at radius 1 is 1.10 bits per heavy atom. The third-order valence-electron chi connectivity index (χ3n) is 4.98. The molecule has 118 valence electrons. The molecule has 4 rings (SSSR count). The molecule has 1 aromatic carbocycles. The van der Waals surface area contributed by atoms with Crippen molar-refractivity contribution in [2.24, 2.45) is 11.8 Å². The zero-order valence-electron chi connectivity index (χ0n) is 13.5. The minimum Gasteiger partial charge on any atom is -0.493 e. The van der Waals surface area contributed by atoms with Crippen LogP contribution in [-0.2, 0) is 5.41 Å². The fourth-order valence-electron chi connectivity index (χ4n) is 3.53. The highest BCUT2D eigenvalue weighted by Crippen LogP contribution is 2.33. The number of rotatable bonds is 3. The van der Waals surface area contributed by atoms with Crippen molar-refractivity contribution >= 4 is 12.4 Å². The molecule has 3 aliphatic rings. The summed E-state index contributed by atoms with van der Waals surface area (Å²) >= 11 is 0. The second-order valence-electron chi connectivity index (χ2n) is 7.48. The highest BCUT2D eigenvalue weighted by atomic mass is 35.5. The molecule has 1 unspecified atom stereocenters. The minimum atomic E-state index is 0. The van der Waals surface area contributed by atoms with Gasteiger partial charge in [-0.2, -0.15) is 0 Å². The van der Waals surface area contributed by atoms with E-state index < -0.39 is 0 Å². The van der Waals surface area contributed by atoms with E-state index in [1.165, 1.54) is 38.0 Å². The van der Waals surface area contributed by atoms with Crippen LogP contribution in [0.2, 0.25) is 0 Å². The van der Waals surface area contributed by atoms with Crippen molar-refractivity contribution < 1.29 is 4.74 Å². The molecule has 0 spiro atoms. The molecule has 0 aliphatic carbocycles. The van der Waals surface area contributed by atoms with Gasteiger partial charge in [-0.3, -0.25) is 0 Å². The van der Waals surface area contributed by atoms with Crippen molar-refractivity contribution in [1.29, 1.82) is 0 Å². The van der Waals surface area contributed by atoms with Gasteiger partial charge in [0.2, 0.25) is 0 Å². The Labute approximate surface area is 135 Å². The van der Waals surface area contributed by atoms with Gasteiger partial charge in [-0.1, -0.05) is 32.9 Å². The van der Waals surface area contributed by atoms with Gasteiger partial charge in [0.05, 0.1) is 6.61 Å². The molecule has 3 saturated heterocycles. The van der Waals surface area contributed by atoms with Gasteiger partial charge in [0.15, 0.2) is 0 Å². The van der Waals surface area contributed by atoms with Gasteiger partial charge in [-0.05, 0) is 55.0 Å². The minimum absolute atomic E-state index is 0. The van der Waals surface area contributed by atoms with Crippen LogP contribution >= 0.6 is 12.4 Å². The number of hydrogen-bond acceptors (Lipinski definition) is 2. The lowest BCUT2D eigenvalue weighted by atomic mass is 9.79. The third-order valence-corrected chi connectivity index (χ3v) is 4.98. The Hall–Kier alpha value is -0.730. The Bertz CT molecular complexity index is 443. The summed E-state index contributed by atoms with van der Waals surface area (Å²) in [5.41, 5.74) is 1.58. The first-order chi connectivity index (χ1) is 9.52. The van der Waals surface area contributed by atoms with E-state index in [1.807, 2.05) is 0 Å². The van der Waals surface area contributed by atoms with Gasteiger partial charge >= 0.3 is 0 Å². The summed E-state index contributed by atoms with van der Waals surface area (Å²) in [6.45, 7) is 11.5. The molecule has 0 aromatic heterocycles. The van der Waals surface area contributed by atoms with Crippen LogP contribution in [0.5, 0.6) is 5.75 Å². The summed E-state index contributed by atoms with van der Waals surface area (Å²) in [4.78, 5) is 2.59. The molecule has 2 bridgehead atoms. The first-order valence-corrected chi connectivity index (χ1v) is 7.98. The molecular formula is C18H28ClNO. The summed E-state index contributed by atoms with van der Waals surface area (Å²) < 4.78 is 6.04. The molecule has 3 fully saturated rings. The Morgan fingerprint density at radius 2 is 1.71 bits per heavy atom. The molecule has 0 saturated carbocycles. The monoisotopic (exact) mass is 309 g/mol. The molecule has 1 aromatic rings. The Balaban J connectivity index is 0.00000161. The summed E-state index contributed by atoms with van der Waals surface area (Å²) in [6.07, 6.45) is 2.74. The van der Waals surface area contributed by atoms with Crippen LogP contribution in [0.3, 0.4) is 0 Å². The van der Waals surface area contributed by atoms with Crippen molar-refractivity contribution in [3.8, 4) is 5.75 Å². The standard InChI is InChI=1S/C18H27NO.ClH/c1-18(2,3)16-4-6-17(7-5-16)20-13-15-12-19-10-8-14(15)9-11-19;/h4-7,14-15H,8-13H2,1-3H3;1H. The van der Waals surface area contributed by atoms with Crippen molar-refractivity contribution in [3.05, 3.63) is 29.8 Å². The maximum atomic E-state index is 6.04. The molecule has 2 nitrogen and oxygen atoms in total. The van der Waals surface area contributed by atoms with Crippen LogP contribution in [0.4, 0.5) is 0 Å². The van der Waals surface area contributed by atoms with E-state index in [9.17, 15) is 0 Å². The number of ether oxygens (including phenoxy) is 1. The fraction of sp³-hybridized carbons (Fsp3) is 0.667. The summed E-state index contributed by atoms with van der Waals surface area (Å²) in [6, 6.07) is 8.65. The molecule has 0 amide bonds. The second kappa shape index (κ2) is 6.58. The average molecular weight is 310 g/mol. The lowest BCUT2D eigenvalue weighted by Gasteiger charge is -2.44. The van der Waals surface area contributed by atoms with E-state index in [2.05, 4.69) is 49.9 Å². The quantitative estimate of drug-likeness (QED) is 0.832. The molecule has 0 radical (unpaired) electrons. The van der Waals surface area contributed by atoms with E-state index in [1.54, 1.807) is 0 Å². The molecule has 3 aliphatic heterocycles. The van der Waals surface area contributed by atoms with Gasteiger partial charge in [0, 0.05) is 12.5 Å². The van der Waals surface area contributed by atoms with Gasteiger partial charge < -0.3 is 9.64 Å². The topological polar surface area (TPSA) is 12.5 Å². The van der Waals surface area contributed by atoms with Gasteiger partial charge in [-0.15, -0.1) is 12.4 Å². The van der Waals surface area contributed by atoms with Crippen LogP contribution in [0.25, 0.3) is 0 Å². The van der Waals surface area contributed by atoms with E-state index in [0.29, 0.717) is 0 Å². The average Bonchev–Trinajstić information content (AvgIpc) is 2.46. The highest BCUT2D eigenvalue weighted by molar-refractivity contribution is 5.85. The molecule has 3 heteroatoms. The molecular weight excluding hydrogens is 282 g/mol. The number of fused-ring (bicyclic) bond motifs is 3. The lowest BCUT2D eigenvalue weighted by molar-refractivity contribution is 0.0257. The molecule has 0 N–H and O–H groups in total. The summed E-state index contributed by atoms with van der Waals surface area (Å²) in [5.74, 6) is 2.66. The normalized spacial score (nSPS) is 28.0.